The molecule has 0 bridgehead atoms. The molecule has 3 nitrogen and oxygen atoms in total. The van der Waals surface area contributed by atoms with Gasteiger partial charge in [-0.3, -0.25) is 0 Å². The smallest absolute Gasteiger partial charge is 0.200 e. The lowest BCUT2D eigenvalue weighted by atomic mass is 9.98. The first-order chi connectivity index (χ1) is 6.27. The van der Waals surface area contributed by atoms with Crippen molar-refractivity contribution in [3.63, 3.8) is 0 Å². The quantitative estimate of drug-likeness (QED) is 0.731. The molecule has 0 aromatic carbocycles. The number of anilines is 1. The number of aromatic amines is 1. The molecule has 13 heavy (non-hydrogen) atoms. The summed E-state index contributed by atoms with van der Waals surface area (Å²) in [5, 5.41) is 3.43. The summed E-state index contributed by atoms with van der Waals surface area (Å²) in [5.41, 5.74) is 0. The maximum absolute atomic E-state index is 4.17. The lowest BCUT2D eigenvalue weighted by Gasteiger charge is -2.18. The molecule has 3 atom stereocenters. The lowest BCUT2D eigenvalue weighted by molar-refractivity contribution is 0.434. The Bertz CT molecular complexity index is 255. The molecule has 0 aliphatic heterocycles. The van der Waals surface area contributed by atoms with Crippen LogP contribution in [0.1, 0.15) is 26.7 Å². The molecule has 3 unspecified atom stereocenters. The number of H-pyrrole nitrogens is 1. The first-order valence-electron chi connectivity index (χ1n) is 5.03. The van der Waals surface area contributed by atoms with Gasteiger partial charge in [0, 0.05) is 18.4 Å². The third kappa shape index (κ3) is 1.69. The van der Waals surface area contributed by atoms with Crippen molar-refractivity contribution in [1.82, 2.24) is 9.97 Å². The summed E-state index contributed by atoms with van der Waals surface area (Å²) in [7, 11) is 0. The van der Waals surface area contributed by atoms with E-state index in [9.17, 15) is 0 Å². The van der Waals surface area contributed by atoms with Gasteiger partial charge >= 0.3 is 0 Å². The molecule has 1 aromatic heterocycles. The van der Waals surface area contributed by atoms with Crippen LogP contribution >= 0.6 is 0 Å². The lowest BCUT2D eigenvalue weighted by Crippen LogP contribution is -2.24. The number of nitrogens with one attached hydrogen (secondary N) is 2. The van der Waals surface area contributed by atoms with Crippen LogP contribution in [-0.4, -0.2) is 16.0 Å². The van der Waals surface area contributed by atoms with Crippen LogP contribution in [0.5, 0.6) is 0 Å². The van der Waals surface area contributed by atoms with Crippen molar-refractivity contribution >= 4 is 5.95 Å². The number of rotatable bonds is 2. The number of hydrogen-bond acceptors (Lipinski definition) is 2. The Kier molecular flexibility index (Phi) is 2.25. The highest BCUT2D eigenvalue weighted by atomic mass is 15.1. The highest BCUT2D eigenvalue weighted by Gasteiger charge is 2.29. The van der Waals surface area contributed by atoms with Gasteiger partial charge in [0.15, 0.2) is 5.95 Å². The molecule has 1 aliphatic carbocycles. The van der Waals surface area contributed by atoms with E-state index in [0.717, 1.165) is 17.8 Å². The molecule has 1 aliphatic rings. The SMILES string of the molecule is CC1CCC(Nc2ncc[nH]2)C1C. The van der Waals surface area contributed by atoms with Gasteiger partial charge in [0.05, 0.1) is 0 Å². The van der Waals surface area contributed by atoms with Gasteiger partial charge in [0.1, 0.15) is 0 Å². The van der Waals surface area contributed by atoms with Crippen LogP contribution in [0.3, 0.4) is 0 Å². The van der Waals surface area contributed by atoms with E-state index in [2.05, 4.69) is 29.1 Å². The Hall–Kier alpha value is -0.990. The molecule has 2 N–H and O–H groups in total. The Labute approximate surface area is 79.0 Å². The molecule has 0 spiro atoms. The van der Waals surface area contributed by atoms with E-state index in [-0.39, 0.29) is 0 Å². The minimum atomic E-state index is 0.598. The van der Waals surface area contributed by atoms with Crippen LogP contribution in [0.25, 0.3) is 0 Å². The monoisotopic (exact) mass is 179 g/mol. The fourth-order valence-corrected chi connectivity index (χ4v) is 2.09. The predicted octanol–water partition coefficient (Wildman–Crippen LogP) is 2.26. The Morgan fingerprint density at radius 1 is 1.46 bits per heavy atom. The van der Waals surface area contributed by atoms with Gasteiger partial charge in [-0.2, -0.15) is 0 Å². The minimum absolute atomic E-state index is 0.598. The summed E-state index contributed by atoms with van der Waals surface area (Å²) in [6, 6.07) is 0.598. The maximum Gasteiger partial charge on any atom is 0.200 e. The summed E-state index contributed by atoms with van der Waals surface area (Å²) in [6.07, 6.45) is 6.24. The van der Waals surface area contributed by atoms with Crippen molar-refractivity contribution in [2.24, 2.45) is 11.8 Å². The molecule has 1 heterocycles. The van der Waals surface area contributed by atoms with Crippen molar-refractivity contribution in [3.05, 3.63) is 12.4 Å². The van der Waals surface area contributed by atoms with Gasteiger partial charge in [-0.25, -0.2) is 4.98 Å². The highest BCUT2D eigenvalue weighted by Crippen LogP contribution is 2.32. The van der Waals surface area contributed by atoms with Crippen molar-refractivity contribution in [3.8, 4) is 0 Å². The van der Waals surface area contributed by atoms with E-state index >= 15 is 0 Å². The van der Waals surface area contributed by atoms with Gasteiger partial charge in [-0.05, 0) is 24.7 Å². The second-order valence-corrected chi connectivity index (χ2v) is 4.10. The molecule has 3 heteroatoms. The zero-order chi connectivity index (χ0) is 9.26. The summed E-state index contributed by atoms with van der Waals surface area (Å²) in [5.74, 6) is 2.50. The van der Waals surface area contributed by atoms with Gasteiger partial charge in [0.2, 0.25) is 0 Å². The third-order valence-corrected chi connectivity index (χ3v) is 3.29. The topological polar surface area (TPSA) is 40.7 Å². The standard InChI is InChI=1S/C10H17N3/c1-7-3-4-9(8(7)2)13-10-11-5-6-12-10/h5-9H,3-4H2,1-2H3,(H2,11,12,13). The number of nitrogens with zero attached hydrogens (tertiary/aromatic N) is 1. The summed E-state index contributed by atoms with van der Waals surface area (Å²) >= 11 is 0. The minimum Gasteiger partial charge on any atom is -0.353 e. The molecule has 1 aromatic rings. The van der Waals surface area contributed by atoms with E-state index in [0.29, 0.717) is 6.04 Å². The van der Waals surface area contributed by atoms with E-state index in [4.69, 9.17) is 0 Å². The first-order valence-corrected chi connectivity index (χ1v) is 5.03. The van der Waals surface area contributed by atoms with Crippen molar-refractivity contribution in [2.75, 3.05) is 5.32 Å². The van der Waals surface area contributed by atoms with Crippen LogP contribution in [0.4, 0.5) is 5.95 Å². The Morgan fingerprint density at radius 3 is 2.85 bits per heavy atom. The molecular formula is C10H17N3. The average Bonchev–Trinajstić information content (AvgIpc) is 2.71. The molecular weight excluding hydrogens is 162 g/mol. The van der Waals surface area contributed by atoms with Gasteiger partial charge in [0.25, 0.3) is 0 Å². The van der Waals surface area contributed by atoms with Crippen LogP contribution < -0.4 is 5.32 Å². The molecule has 2 rings (SSSR count). The fraction of sp³-hybridized carbons (Fsp3) is 0.700. The number of aromatic nitrogens is 2. The second kappa shape index (κ2) is 3.40. The van der Waals surface area contributed by atoms with Crippen LogP contribution in [0, 0.1) is 11.8 Å². The largest absolute Gasteiger partial charge is 0.353 e. The van der Waals surface area contributed by atoms with E-state index < -0.39 is 0 Å². The van der Waals surface area contributed by atoms with Crippen LogP contribution in [-0.2, 0) is 0 Å². The predicted molar refractivity (Wildman–Crippen MR) is 53.6 cm³/mol. The van der Waals surface area contributed by atoms with Crippen molar-refractivity contribution in [2.45, 2.75) is 32.7 Å². The summed E-state index contributed by atoms with van der Waals surface area (Å²) in [4.78, 5) is 7.25. The zero-order valence-corrected chi connectivity index (χ0v) is 8.25. The molecule has 0 saturated heterocycles. The second-order valence-electron chi connectivity index (χ2n) is 4.10. The van der Waals surface area contributed by atoms with E-state index in [1.54, 1.807) is 6.20 Å². The summed E-state index contributed by atoms with van der Waals surface area (Å²) < 4.78 is 0. The first kappa shape index (κ1) is 8.60. The Morgan fingerprint density at radius 2 is 2.31 bits per heavy atom. The molecule has 72 valence electrons. The van der Waals surface area contributed by atoms with Crippen LogP contribution in [0.15, 0.2) is 12.4 Å². The van der Waals surface area contributed by atoms with Crippen LogP contribution in [0.2, 0.25) is 0 Å². The maximum atomic E-state index is 4.17. The van der Waals surface area contributed by atoms with E-state index in [1.807, 2.05) is 6.20 Å². The zero-order valence-electron chi connectivity index (χ0n) is 8.25. The third-order valence-electron chi connectivity index (χ3n) is 3.29. The molecule has 1 fully saturated rings. The number of hydrogen-bond donors (Lipinski definition) is 2. The Balaban J connectivity index is 1.96. The molecule has 0 radical (unpaired) electrons. The molecule has 0 amide bonds. The normalized spacial score (nSPS) is 33.5. The van der Waals surface area contributed by atoms with Crippen molar-refractivity contribution < 1.29 is 0 Å². The van der Waals surface area contributed by atoms with Gasteiger partial charge < -0.3 is 10.3 Å². The highest BCUT2D eigenvalue weighted by molar-refractivity contribution is 5.25. The number of imidazole rings is 1. The molecule has 1 saturated carbocycles. The average molecular weight is 179 g/mol. The van der Waals surface area contributed by atoms with Gasteiger partial charge in [-0.1, -0.05) is 13.8 Å². The summed E-state index contributed by atoms with van der Waals surface area (Å²) in [6.45, 7) is 4.65. The van der Waals surface area contributed by atoms with Crippen molar-refractivity contribution in [1.29, 1.82) is 0 Å². The fourth-order valence-electron chi connectivity index (χ4n) is 2.09. The van der Waals surface area contributed by atoms with E-state index in [1.165, 1.54) is 12.8 Å². The van der Waals surface area contributed by atoms with Gasteiger partial charge in [-0.15, -0.1) is 0 Å².